The summed E-state index contributed by atoms with van der Waals surface area (Å²) in [4.78, 5) is 4.78. The average molecular weight is 687 g/mol. The van der Waals surface area contributed by atoms with Gasteiger partial charge in [0.2, 0.25) is 0 Å². The first-order valence-corrected chi connectivity index (χ1v) is 18.4. The van der Waals surface area contributed by atoms with Crippen LogP contribution in [0.2, 0.25) is 0 Å². The fourth-order valence-electron chi connectivity index (χ4n) is 7.88. The Balaban J connectivity index is 1.18. The smallest absolute Gasteiger partial charge is 0.136 e. The molecule has 8 aromatic carbocycles. The van der Waals surface area contributed by atoms with Crippen LogP contribution in [-0.4, -0.2) is 0 Å². The van der Waals surface area contributed by atoms with Gasteiger partial charge in [-0.2, -0.15) is 0 Å². The second-order valence-corrected chi connectivity index (χ2v) is 14.7. The van der Waals surface area contributed by atoms with Crippen LogP contribution in [0.5, 0.6) is 0 Å². The van der Waals surface area contributed by atoms with E-state index in [9.17, 15) is 0 Å². The number of furan rings is 1. The van der Waals surface area contributed by atoms with Crippen LogP contribution in [0.25, 0.3) is 43.5 Å². The third-order valence-corrected chi connectivity index (χ3v) is 10.8. The van der Waals surface area contributed by atoms with Crippen molar-refractivity contribution < 1.29 is 4.42 Å². The molecule has 53 heavy (non-hydrogen) atoms. The van der Waals surface area contributed by atoms with Crippen molar-refractivity contribution in [2.45, 2.75) is 41.5 Å². The largest absolute Gasteiger partial charge is 0.456 e. The van der Waals surface area contributed by atoms with Gasteiger partial charge in [-0.1, -0.05) is 72.8 Å². The van der Waals surface area contributed by atoms with Gasteiger partial charge in [-0.25, -0.2) is 0 Å². The van der Waals surface area contributed by atoms with Crippen LogP contribution in [0.1, 0.15) is 33.4 Å². The zero-order chi connectivity index (χ0) is 36.4. The van der Waals surface area contributed by atoms with Crippen LogP contribution in [0, 0.1) is 41.5 Å². The second kappa shape index (κ2) is 12.7. The lowest BCUT2D eigenvalue weighted by atomic mass is 10.0. The Morgan fingerprint density at radius 1 is 0.340 bits per heavy atom. The molecular weight excluding hydrogens is 645 g/mol. The monoisotopic (exact) mass is 686 g/mol. The van der Waals surface area contributed by atoms with Gasteiger partial charge < -0.3 is 14.2 Å². The normalized spacial score (nSPS) is 11.6. The molecule has 0 aliphatic rings. The van der Waals surface area contributed by atoms with E-state index in [1.165, 1.54) is 66.9 Å². The van der Waals surface area contributed by atoms with Gasteiger partial charge in [0, 0.05) is 44.9 Å². The summed E-state index contributed by atoms with van der Waals surface area (Å²) in [6, 6.07) is 53.2. The SMILES string of the molecule is Cc1ccc(C)c(N(c2ccc3cc4c(cc3c2)oc2cc3cc(N(c5ccccc5C)c5cc(C)ccc5C)ccc3cc24)c2ccccc2C)c1. The van der Waals surface area contributed by atoms with Crippen molar-refractivity contribution in [2.24, 2.45) is 0 Å². The number of aryl methyl sites for hydroxylation is 6. The average Bonchev–Trinajstić information content (AvgIpc) is 3.50. The van der Waals surface area contributed by atoms with Gasteiger partial charge >= 0.3 is 0 Å². The highest BCUT2D eigenvalue weighted by Crippen LogP contribution is 2.43. The van der Waals surface area contributed by atoms with Crippen molar-refractivity contribution in [3.8, 4) is 0 Å². The number of nitrogens with zero attached hydrogens (tertiary/aromatic N) is 2. The van der Waals surface area contributed by atoms with E-state index in [2.05, 4.69) is 197 Å². The van der Waals surface area contributed by atoms with Crippen molar-refractivity contribution in [1.82, 2.24) is 0 Å². The van der Waals surface area contributed by atoms with Crippen molar-refractivity contribution in [3.63, 3.8) is 0 Å². The molecule has 0 fully saturated rings. The lowest BCUT2D eigenvalue weighted by Gasteiger charge is -2.29. The number of hydrogen-bond donors (Lipinski definition) is 0. The fraction of sp³-hybridized carbons (Fsp3) is 0.120. The van der Waals surface area contributed by atoms with E-state index in [0.29, 0.717) is 0 Å². The quantitative estimate of drug-likeness (QED) is 0.174. The standard InChI is InChI=1S/C50H42N2O/c1-31-15-17-35(5)47(23-31)51(45-13-9-7-11-33(45)3)41-21-19-37-27-43-44-28-38-20-22-42(26-40(38)30-50(44)53-49(43)29-39(37)25-41)52(46-14-10-8-12-34(46)4)48-24-32(2)16-18-36(48)6/h7-30H,1-6H3. The third-order valence-electron chi connectivity index (χ3n) is 10.8. The van der Waals surface area contributed by atoms with Gasteiger partial charge in [-0.05, 0) is 169 Å². The van der Waals surface area contributed by atoms with Crippen LogP contribution in [0.15, 0.2) is 150 Å². The molecule has 0 N–H and O–H groups in total. The molecule has 258 valence electrons. The van der Waals surface area contributed by atoms with Crippen LogP contribution < -0.4 is 9.80 Å². The molecule has 0 amide bonds. The Morgan fingerprint density at radius 2 is 0.755 bits per heavy atom. The number of anilines is 6. The summed E-state index contributed by atoms with van der Waals surface area (Å²) in [5, 5.41) is 6.93. The van der Waals surface area contributed by atoms with E-state index in [0.717, 1.165) is 44.1 Å². The molecule has 0 spiro atoms. The maximum absolute atomic E-state index is 6.69. The first-order chi connectivity index (χ1) is 25.7. The first-order valence-electron chi connectivity index (χ1n) is 18.4. The Hall–Kier alpha value is -6.32. The van der Waals surface area contributed by atoms with E-state index >= 15 is 0 Å². The predicted octanol–water partition coefficient (Wildman–Crippen LogP) is 14.7. The minimum atomic E-state index is 0.895. The molecule has 0 bridgehead atoms. The van der Waals surface area contributed by atoms with Gasteiger partial charge in [0.1, 0.15) is 11.2 Å². The Labute approximate surface area is 311 Å². The molecule has 0 saturated heterocycles. The number of hydrogen-bond acceptors (Lipinski definition) is 3. The Kier molecular flexibility index (Phi) is 7.82. The summed E-state index contributed by atoms with van der Waals surface area (Å²) in [6.45, 7) is 13.1. The van der Waals surface area contributed by atoms with Crippen molar-refractivity contribution in [1.29, 1.82) is 0 Å². The summed E-state index contributed by atoms with van der Waals surface area (Å²) >= 11 is 0. The molecule has 0 aliphatic carbocycles. The van der Waals surface area contributed by atoms with Crippen molar-refractivity contribution >= 4 is 77.6 Å². The summed E-state index contributed by atoms with van der Waals surface area (Å²) in [6.07, 6.45) is 0. The highest BCUT2D eigenvalue weighted by molar-refractivity contribution is 6.14. The van der Waals surface area contributed by atoms with Crippen LogP contribution in [-0.2, 0) is 0 Å². The van der Waals surface area contributed by atoms with Gasteiger partial charge in [0.25, 0.3) is 0 Å². The summed E-state index contributed by atoms with van der Waals surface area (Å²) in [7, 11) is 0. The van der Waals surface area contributed by atoms with Gasteiger partial charge in [0.05, 0.1) is 0 Å². The highest BCUT2D eigenvalue weighted by Gasteiger charge is 2.20. The number of benzene rings is 8. The minimum Gasteiger partial charge on any atom is -0.456 e. The summed E-state index contributed by atoms with van der Waals surface area (Å²) < 4.78 is 6.69. The lowest BCUT2D eigenvalue weighted by Crippen LogP contribution is -2.12. The molecular formula is C50H42N2O. The number of para-hydroxylation sites is 2. The van der Waals surface area contributed by atoms with Crippen molar-refractivity contribution in [2.75, 3.05) is 9.80 Å². The molecule has 1 aromatic heterocycles. The number of rotatable bonds is 6. The summed E-state index contributed by atoms with van der Waals surface area (Å²) in [5.41, 5.74) is 16.2. The van der Waals surface area contributed by atoms with E-state index in [1.54, 1.807) is 0 Å². The molecule has 9 rings (SSSR count). The van der Waals surface area contributed by atoms with Crippen LogP contribution >= 0.6 is 0 Å². The number of fused-ring (bicyclic) bond motifs is 5. The topological polar surface area (TPSA) is 19.6 Å². The van der Waals surface area contributed by atoms with Crippen molar-refractivity contribution in [3.05, 3.63) is 179 Å². The Morgan fingerprint density at radius 3 is 1.19 bits per heavy atom. The predicted molar refractivity (Wildman–Crippen MR) is 227 cm³/mol. The van der Waals surface area contributed by atoms with E-state index < -0.39 is 0 Å². The summed E-state index contributed by atoms with van der Waals surface area (Å²) in [5.74, 6) is 0. The maximum atomic E-state index is 6.69. The van der Waals surface area contributed by atoms with E-state index in [-0.39, 0.29) is 0 Å². The van der Waals surface area contributed by atoms with E-state index in [1.807, 2.05) is 0 Å². The van der Waals surface area contributed by atoms with Crippen LogP contribution in [0.4, 0.5) is 34.1 Å². The molecule has 0 radical (unpaired) electrons. The molecule has 3 nitrogen and oxygen atoms in total. The Bertz CT molecular complexity index is 2680. The van der Waals surface area contributed by atoms with Crippen LogP contribution in [0.3, 0.4) is 0 Å². The zero-order valence-electron chi connectivity index (χ0n) is 31.2. The zero-order valence-corrected chi connectivity index (χ0v) is 31.2. The maximum Gasteiger partial charge on any atom is 0.136 e. The fourth-order valence-corrected chi connectivity index (χ4v) is 7.88. The van der Waals surface area contributed by atoms with E-state index in [4.69, 9.17) is 4.42 Å². The first kappa shape index (κ1) is 32.6. The third kappa shape index (κ3) is 5.70. The molecule has 3 heteroatoms. The van der Waals surface area contributed by atoms with Gasteiger partial charge in [-0.3, -0.25) is 0 Å². The molecule has 0 unspecified atom stereocenters. The lowest BCUT2D eigenvalue weighted by molar-refractivity contribution is 0.670. The highest BCUT2D eigenvalue weighted by atomic mass is 16.3. The molecule has 1 heterocycles. The minimum absolute atomic E-state index is 0.895. The molecule has 0 saturated carbocycles. The molecule has 0 aliphatic heterocycles. The second-order valence-electron chi connectivity index (χ2n) is 14.7. The molecule has 0 atom stereocenters. The van der Waals surface area contributed by atoms with Gasteiger partial charge in [-0.15, -0.1) is 0 Å². The molecule has 9 aromatic rings. The van der Waals surface area contributed by atoms with Gasteiger partial charge in [0.15, 0.2) is 0 Å².